The Morgan fingerprint density at radius 1 is 1.22 bits per heavy atom. The third-order valence-electron chi connectivity index (χ3n) is 4.43. The second kappa shape index (κ2) is 7.83. The van der Waals surface area contributed by atoms with Crippen LogP contribution in [-0.2, 0) is 6.54 Å². The first-order valence-corrected chi connectivity index (χ1v) is 10.1. The Labute approximate surface area is 162 Å². The quantitative estimate of drug-likeness (QED) is 0.648. The molecule has 27 heavy (non-hydrogen) atoms. The van der Waals surface area contributed by atoms with Gasteiger partial charge in [-0.15, -0.1) is 22.7 Å². The van der Waals surface area contributed by atoms with Crippen LogP contribution in [0.25, 0.3) is 9.88 Å². The average Bonchev–Trinajstić information content (AvgIpc) is 3.42. The molecule has 0 spiro atoms. The van der Waals surface area contributed by atoms with Crippen molar-refractivity contribution in [1.29, 1.82) is 0 Å². The third-order valence-corrected chi connectivity index (χ3v) is 6.46. The minimum absolute atomic E-state index is 0.0240. The van der Waals surface area contributed by atoms with E-state index in [0.717, 1.165) is 14.5 Å². The molecule has 1 saturated heterocycles. The molecular weight excluding hydrogens is 392 g/mol. The van der Waals surface area contributed by atoms with Crippen molar-refractivity contribution >= 4 is 28.6 Å². The van der Waals surface area contributed by atoms with Crippen LogP contribution in [0.4, 0.5) is 8.78 Å². The summed E-state index contributed by atoms with van der Waals surface area (Å²) in [6, 6.07) is 3.95. The van der Waals surface area contributed by atoms with E-state index in [0.29, 0.717) is 43.4 Å². The van der Waals surface area contributed by atoms with Crippen LogP contribution >= 0.6 is 22.7 Å². The molecule has 142 valence electrons. The monoisotopic (exact) mass is 409 g/mol. The molecule has 3 aromatic heterocycles. The Bertz CT molecular complexity index is 900. The van der Waals surface area contributed by atoms with Crippen LogP contribution in [-0.4, -0.2) is 56.4 Å². The van der Waals surface area contributed by atoms with Gasteiger partial charge in [-0.25, -0.2) is 9.97 Å². The molecule has 6 nitrogen and oxygen atoms in total. The van der Waals surface area contributed by atoms with Gasteiger partial charge in [-0.1, -0.05) is 6.07 Å². The van der Waals surface area contributed by atoms with Gasteiger partial charge in [-0.2, -0.15) is 8.78 Å². The standard InChI is InChI=1S/C17H17F2N5OS2/c18-17(19)24-4-3-20-14(24)11-22-5-7-23(8-6-22)16(25)13-10-21-15(27-13)12-2-1-9-26-12/h1-4,9-10,17H,5-8,11H2. The van der Waals surface area contributed by atoms with Gasteiger partial charge in [0.15, 0.2) is 0 Å². The Kier molecular flexibility index (Phi) is 5.28. The maximum atomic E-state index is 12.9. The van der Waals surface area contributed by atoms with E-state index in [1.807, 2.05) is 22.4 Å². The normalized spacial score (nSPS) is 15.6. The number of piperazine rings is 1. The molecule has 0 aromatic carbocycles. The van der Waals surface area contributed by atoms with E-state index in [1.165, 1.54) is 23.7 Å². The molecule has 0 aliphatic carbocycles. The summed E-state index contributed by atoms with van der Waals surface area (Å²) in [6.45, 7) is 0.120. The second-order valence-corrected chi connectivity index (χ2v) is 8.08. The van der Waals surface area contributed by atoms with Crippen molar-refractivity contribution in [2.45, 2.75) is 13.1 Å². The summed E-state index contributed by atoms with van der Waals surface area (Å²) in [5, 5.41) is 2.84. The van der Waals surface area contributed by atoms with Crippen LogP contribution in [0.3, 0.4) is 0 Å². The zero-order valence-corrected chi connectivity index (χ0v) is 15.9. The number of rotatable bonds is 5. The van der Waals surface area contributed by atoms with Crippen LogP contribution in [0.2, 0.25) is 0 Å². The first kappa shape index (κ1) is 18.2. The van der Waals surface area contributed by atoms with Crippen molar-refractivity contribution in [2.24, 2.45) is 0 Å². The Morgan fingerprint density at radius 3 is 2.74 bits per heavy atom. The predicted molar refractivity (Wildman–Crippen MR) is 100 cm³/mol. The molecule has 0 saturated carbocycles. The highest BCUT2D eigenvalue weighted by Gasteiger charge is 2.25. The molecule has 0 unspecified atom stereocenters. The van der Waals surface area contributed by atoms with Crippen LogP contribution in [0, 0.1) is 0 Å². The number of amides is 1. The van der Waals surface area contributed by atoms with Gasteiger partial charge in [-0.3, -0.25) is 14.3 Å². The number of imidazole rings is 1. The van der Waals surface area contributed by atoms with Crippen LogP contribution in [0.1, 0.15) is 22.0 Å². The molecule has 1 fully saturated rings. The zero-order chi connectivity index (χ0) is 18.8. The Hall–Kier alpha value is -2.17. The largest absolute Gasteiger partial charge is 0.335 e. The SMILES string of the molecule is O=C(c1cnc(-c2cccs2)s1)N1CCN(Cc2nccn2C(F)F)CC1. The van der Waals surface area contributed by atoms with Gasteiger partial charge in [0, 0.05) is 38.6 Å². The molecule has 4 rings (SSSR count). The van der Waals surface area contributed by atoms with Crippen molar-refractivity contribution in [3.05, 3.63) is 46.8 Å². The highest BCUT2D eigenvalue weighted by Crippen LogP contribution is 2.29. The number of alkyl halides is 2. The number of carbonyl (C=O) groups excluding carboxylic acids is 1. The number of hydrogen-bond donors (Lipinski definition) is 0. The van der Waals surface area contributed by atoms with Crippen molar-refractivity contribution in [3.8, 4) is 9.88 Å². The van der Waals surface area contributed by atoms with Gasteiger partial charge >= 0.3 is 6.55 Å². The highest BCUT2D eigenvalue weighted by molar-refractivity contribution is 7.21. The van der Waals surface area contributed by atoms with Gasteiger partial charge in [0.25, 0.3) is 5.91 Å². The van der Waals surface area contributed by atoms with E-state index >= 15 is 0 Å². The van der Waals surface area contributed by atoms with Gasteiger partial charge in [0.1, 0.15) is 15.7 Å². The number of thiophene rings is 1. The molecule has 4 heterocycles. The molecule has 10 heteroatoms. The number of aromatic nitrogens is 3. The lowest BCUT2D eigenvalue weighted by molar-refractivity contribution is 0.0557. The number of carbonyl (C=O) groups is 1. The number of thiazole rings is 1. The molecule has 1 amide bonds. The molecule has 3 aromatic rings. The fourth-order valence-electron chi connectivity index (χ4n) is 3.00. The fourth-order valence-corrected chi connectivity index (χ4v) is 4.68. The predicted octanol–water partition coefficient (Wildman–Crippen LogP) is 3.42. The lowest BCUT2D eigenvalue weighted by Gasteiger charge is -2.34. The summed E-state index contributed by atoms with van der Waals surface area (Å²) in [5.74, 6) is 0.317. The van der Waals surface area contributed by atoms with E-state index in [9.17, 15) is 13.6 Å². The van der Waals surface area contributed by atoms with Gasteiger partial charge < -0.3 is 4.90 Å². The molecule has 0 atom stereocenters. The van der Waals surface area contributed by atoms with Gasteiger partial charge in [-0.05, 0) is 11.4 Å². The molecule has 1 aliphatic heterocycles. The van der Waals surface area contributed by atoms with Crippen molar-refractivity contribution < 1.29 is 13.6 Å². The molecule has 0 N–H and O–H groups in total. The second-order valence-electron chi connectivity index (χ2n) is 6.10. The summed E-state index contributed by atoms with van der Waals surface area (Å²) in [4.78, 5) is 26.6. The van der Waals surface area contributed by atoms with Crippen molar-refractivity contribution in [3.63, 3.8) is 0 Å². The smallest absolute Gasteiger partial charge is 0.319 e. The van der Waals surface area contributed by atoms with Crippen LogP contribution in [0.15, 0.2) is 36.1 Å². The van der Waals surface area contributed by atoms with Crippen molar-refractivity contribution in [1.82, 2.24) is 24.3 Å². The fraction of sp³-hybridized carbons (Fsp3) is 0.353. The third kappa shape index (κ3) is 3.92. The summed E-state index contributed by atoms with van der Waals surface area (Å²) < 4.78 is 26.7. The van der Waals surface area contributed by atoms with Crippen LogP contribution in [0.5, 0.6) is 0 Å². The Balaban J connectivity index is 1.35. The summed E-state index contributed by atoms with van der Waals surface area (Å²) in [7, 11) is 0. The summed E-state index contributed by atoms with van der Waals surface area (Å²) >= 11 is 3.00. The maximum absolute atomic E-state index is 12.9. The number of halogens is 2. The number of hydrogen-bond acceptors (Lipinski definition) is 6. The first-order chi connectivity index (χ1) is 13.1. The molecular formula is C17H17F2N5OS2. The maximum Gasteiger partial charge on any atom is 0.319 e. The lowest BCUT2D eigenvalue weighted by atomic mass is 10.3. The van der Waals surface area contributed by atoms with Crippen LogP contribution < -0.4 is 0 Å². The highest BCUT2D eigenvalue weighted by atomic mass is 32.1. The molecule has 1 aliphatic rings. The first-order valence-electron chi connectivity index (χ1n) is 8.43. The summed E-state index contributed by atoms with van der Waals surface area (Å²) in [5.41, 5.74) is 0. The van der Waals surface area contributed by atoms with E-state index in [1.54, 1.807) is 22.4 Å². The minimum Gasteiger partial charge on any atom is -0.335 e. The van der Waals surface area contributed by atoms with E-state index in [4.69, 9.17) is 0 Å². The van der Waals surface area contributed by atoms with Gasteiger partial charge in [0.2, 0.25) is 0 Å². The van der Waals surface area contributed by atoms with E-state index in [2.05, 4.69) is 9.97 Å². The topological polar surface area (TPSA) is 54.3 Å². The summed E-state index contributed by atoms with van der Waals surface area (Å²) in [6.07, 6.45) is 4.30. The van der Waals surface area contributed by atoms with Crippen molar-refractivity contribution in [2.75, 3.05) is 26.2 Å². The molecule has 0 bridgehead atoms. The minimum atomic E-state index is -2.59. The Morgan fingerprint density at radius 2 is 2.04 bits per heavy atom. The zero-order valence-electron chi connectivity index (χ0n) is 14.3. The molecule has 0 radical (unpaired) electrons. The number of nitrogens with zero attached hydrogens (tertiary/aromatic N) is 5. The van der Waals surface area contributed by atoms with E-state index < -0.39 is 6.55 Å². The lowest BCUT2D eigenvalue weighted by Crippen LogP contribution is -2.48. The van der Waals surface area contributed by atoms with E-state index in [-0.39, 0.29) is 5.91 Å². The average molecular weight is 409 g/mol. The van der Waals surface area contributed by atoms with Gasteiger partial charge in [0.05, 0.1) is 17.6 Å².